The lowest BCUT2D eigenvalue weighted by molar-refractivity contribution is -0.118. The second kappa shape index (κ2) is 11.5. The third kappa shape index (κ3) is 6.41. The van der Waals surface area contributed by atoms with Crippen molar-refractivity contribution in [3.63, 3.8) is 0 Å². The molecular weight excluding hydrogens is 502 g/mol. The maximum atomic E-state index is 13.5. The van der Waals surface area contributed by atoms with Gasteiger partial charge < -0.3 is 19.7 Å². The first-order valence-corrected chi connectivity index (χ1v) is 13.4. The number of methoxy groups -OCH3 is 1. The smallest absolute Gasteiger partial charge is 0.264 e. The van der Waals surface area contributed by atoms with Crippen LogP contribution in [0.15, 0.2) is 71.6 Å². The van der Waals surface area contributed by atoms with E-state index in [2.05, 4.69) is 14.9 Å². The predicted octanol–water partition coefficient (Wildman–Crippen LogP) is 5.16. The molecule has 1 saturated heterocycles. The number of benzene rings is 3. The molecule has 0 spiro atoms. The van der Waals surface area contributed by atoms with Gasteiger partial charge in [0.1, 0.15) is 16.4 Å². The molecule has 1 heterocycles. The van der Waals surface area contributed by atoms with Gasteiger partial charge in [-0.1, -0.05) is 23.7 Å². The minimum absolute atomic E-state index is 0.0880. The Bertz CT molecular complexity index is 1310. The van der Waals surface area contributed by atoms with Crippen molar-refractivity contribution in [2.75, 3.05) is 41.7 Å². The van der Waals surface area contributed by atoms with E-state index in [4.69, 9.17) is 21.1 Å². The Labute approximate surface area is 216 Å². The molecule has 3 aromatic carbocycles. The Balaban J connectivity index is 1.56. The first-order valence-electron chi connectivity index (χ1n) is 11.6. The Morgan fingerprint density at radius 3 is 2.36 bits per heavy atom. The van der Waals surface area contributed by atoms with E-state index in [1.807, 2.05) is 0 Å². The molecule has 3 aromatic rings. The maximum absolute atomic E-state index is 13.5. The first kappa shape index (κ1) is 25.7. The van der Waals surface area contributed by atoms with Crippen LogP contribution >= 0.6 is 11.6 Å². The van der Waals surface area contributed by atoms with Gasteiger partial charge in [-0.25, -0.2) is 8.42 Å². The highest BCUT2D eigenvalue weighted by atomic mass is 35.5. The van der Waals surface area contributed by atoms with Gasteiger partial charge in [0.2, 0.25) is 0 Å². The van der Waals surface area contributed by atoms with Crippen LogP contribution in [0.3, 0.4) is 0 Å². The van der Waals surface area contributed by atoms with E-state index < -0.39 is 15.9 Å². The highest BCUT2D eigenvalue weighted by molar-refractivity contribution is 7.92. The number of anilines is 3. The lowest BCUT2D eigenvalue weighted by Gasteiger charge is -2.30. The zero-order chi connectivity index (χ0) is 25.5. The molecular formula is C26H28ClN3O5S. The minimum atomic E-state index is -3.96. The van der Waals surface area contributed by atoms with Crippen molar-refractivity contribution >= 4 is 44.6 Å². The van der Waals surface area contributed by atoms with Crippen LogP contribution in [0.4, 0.5) is 17.1 Å². The fourth-order valence-electron chi connectivity index (χ4n) is 3.97. The van der Waals surface area contributed by atoms with Crippen molar-refractivity contribution in [1.82, 2.24) is 0 Å². The highest BCUT2D eigenvalue weighted by Crippen LogP contribution is 2.32. The van der Waals surface area contributed by atoms with E-state index in [9.17, 15) is 13.2 Å². The molecule has 0 radical (unpaired) electrons. The average Bonchev–Trinajstić information content (AvgIpc) is 2.89. The number of piperidine rings is 1. The summed E-state index contributed by atoms with van der Waals surface area (Å²) < 4.78 is 40.2. The summed E-state index contributed by atoms with van der Waals surface area (Å²) in [6.07, 6.45) is 3.09. The highest BCUT2D eigenvalue weighted by Gasteiger charge is 2.24. The largest absolute Gasteiger partial charge is 0.497 e. The molecule has 36 heavy (non-hydrogen) atoms. The summed E-state index contributed by atoms with van der Waals surface area (Å²) in [5.74, 6) is 0.574. The molecule has 10 heteroatoms. The molecule has 0 saturated carbocycles. The van der Waals surface area contributed by atoms with Crippen LogP contribution in [0.2, 0.25) is 5.02 Å². The zero-order valence-electron chi connectivity index (χ0n) is 19.9. The number of hydrogen-bond acceptors (Lipinski definition) is 6. The fourth-order valence-corrected chi connectivity index (χ4v) is 5.48. The summed E-state index contributed by atoms with van der Waals surface area (Å²) >= 11 is 6.07. The van der Waals surface area contributed by atoms with Crippen molar-refractivity contribution in [3.8, 4) is 11.5 Å². The molecule has 190 valence electrons. The summed E-state index contributed by atoms with van der Waals surface area (Å²) in [7, 11) is -2.42. The topological polar surface area (TPSA) is 97.0 Å². The molecule has 2 N–H and O–H groups in total. The average molecular weight is 530 g/mol. The Morgan fingerprint density at radius 2 is 1.67 bits per heavy atom. The van der Waals surface area contributed by atoms with Crippen LogP contribution in [0.5, 0.6) is 11.5 Å². The van der Waals surface area contributed by atoms with Crippen molar-refractivity contribution in [1.29, 1.82) is 0 Å². The van der Waals surface area contributed by atoms with Crippen LogP contribution in [0.25, 0.3) is 0 Å². The van der Waals surface area contributed by atoms with E-state index in [1.54, 1.807) is 67.8 Å². The number of carbonyl (C=O) groups excluding carboxylic acids is 1. The minimum Gasteiger partial charge on any atom is -0.497 e. The molecule has 4 rings (SSSR count). The molecule has 8 nitrogen and oxygen atoms in total. The monoisotopic (exact) mass is 529 g/mol. The Kier molecular flexibility index (Phi) is 8.22. The second-order valence-corrected chi connectivity index (χ2v) is 10.4. The summed E-state index contributed by atoms with van der Waals surface area (Å²) in [4.78, 5) is 14.7. The van der Waals surface area contributed by atoms with E-state index in [1.165, 1.54) is 6.07 Å². The number of ether oxygens (including phenoxy) is 2. The number of para-hydroxylation sites is 1. The van der Waals surface area contributed by atoms with Gasteiger partial charge >= 0.3 is 0 Å². The number of carbonyl (C=O) groups is 1. The molecule has 0 bridgehead atoms. The number of halogens is 1. The van der Waals surface area contributed by atoms with Crippen LogP contribution < -0.4 is 24.4 Å². The van der Waals surface area contributed by atoms with Gasteiger partial charge in [-0.3, -0.25) is 9.52 Å². The van der Waals surface area contributed by atoms with Gasteiger partial charge in [0, 0.05) is 24.5 Å². The standard InChI is InChI=1S/C26H28ClN3O5S/c1-34-21-12-9-19(10-13-21)29-36(32,33)25-17-20(11-14-23(25)30-15-5-2-6-16-30)28-26(31)18-35-24-8-4-3-7-22(24)27/h3-4,7-14,17,29H,2,5-6,15-16,18H2,1H3,(H,28,31). The Hall–Kier alpha value is -3.43. The van der Waals surface area contributed by atoms with Gasteiger partial charge in [0.05, 0.1) is 17.8 Å². The van der Waals surface area contributed by atoms with Crippen LogP contribution in [-0.2, 0) is 14.8 Å². The third-order valence-electron chi connectivity index (χ3n) is 5.77. The van der Waals surface area contributed by atoms with Gasteiger partial charge in [0.25, 0.3) is 15.9 Å². The van der Waals surface area contributed by atoms with Crippen LogP contribution in [0.1, 0.15) is 19.3 Å². The summed E-state index contributed by atoms with van der Waals surface area (Å²) in [6.45, 7) is 1.26. The van der Waals surface area contributed by atoms with Crippen LogP contribution in [-0.4, -0.2) is 41.1 Å². The predicted molar refractivity (Wildman–Crippen MR) is 142 cm³/mol. The van der Waals surface area contributed by atoms with Crippen LogP contribution in [0, 0.1) is 0 Å². The number of amides is 1. The van der Waals surface area contributed by atoms with Crippen molar-refractivity contribution in [2.45, 2.75) is 24.2 Å². The normalized spacial score (nSPS) is 13.7. The summed E-state index contributed by atoms with van der Waals surface area (Å²) in [6, 6.07) is 18.4. The molecule has 0 aliphatic carbocycles. The van der Waals surface area contributed by atoms with E-state index in [0.29, 0.717) is 33.6 Å². The van der Waals surface area contributed by atoms with Gasteiger partial charge in [0.15, 0.2) is 6.61 Å². The van der Waals surface area contributed by atoms with E-state index in [0.717, 1.165) is 32.4 Å². The molecule has 1 aliphatic rings. The lowest BCUT2D eigenvalue weighted by Crippen LogP contribution is -2.31. The number of nitrogens with zero attached hydrogens (tertiary/aromatic N) is 1. The third-order valence-corrected chi connectivity index (χ3v) is 7.49. The van der Waals surface area contributed by atoms with Crippen molar-refractivity contribution < 1.29 is 22.7 Å². The van der Waals surface area contributed by atoms with E-state index >= 15 is 0 Å². The number of sulfonamides is 1. The second-order valence-electron chi connectivity index (χ2n) is 8.33. The fraction of sp³-hybridized carbons (Fsp3) is 0.269. The summed E-state index contributed by atoms with van der Waals surface area (Å²) in [5, 5.41) is 3.12. The van der Waals surface area contributed by atoms with Crippen molar-refractivity contribution in [2.24, 2.45) is 0 Å². The van der Waals surface area contributed by atoms with Crippen molar-refractivity contribution in [3.05, 3.63) is 71.8 Å². The number of rotatable bonds is 9. The van der Waals surface area contributed by atoms with Gasteiger partial charge in [-0.2, -0.15) is 0 Å². The zero-order valence-corrected chi connectivity index (χ0v) is 21.4. The number of nitrogens with one attached hydrogen (secondary N) is 2. The lowest BCUT2D eigenvalue weighted by atomic mass is 10.1. The van der Waals surface area contributed by atoms with E-state index in [-0.39, 0.29) is 11.5 Å². The molecule has 1 aliphatic heterocycles. The molecule has 1 amide bonds. The summed E-state index contributed by atoms with van der Waals surface area (Å²) in [5.41, 5.74) is 1.35. The van der Waals surface area contributed by atoms with Gasteiger partial charge in [-0.05, 0) is 73.9 Å². The Morgan fingerprint density at radius 1 is 0.972 bits per heavy atom. The SMILES string of the molecule is COc1ccc(NS(=O)(=O)c2cc(NC(=O)COc3ccccc3Cl)ccc2N2CCCCC2)cc1. The first-order chi connectivity index (χ1) is 17.4. The molecule has 0 aromatic heterocycles. The van der Waals surface area contributed by atoms with Gasteiger partial charge in [-0.15, -0.1) is 0 Å². The maximum Gasteiger partial charge on any atom is 0.264 e. The molecule has 0 atom stereocenters. The number of hydrogen-bond donors (Lipinski definition) is 2. The quantitative estimate of drug-likeness (QED) is 0.397. The molecule has 0 unspecified atom stereocenters. The molecule has 1 fully saturated rings.